The Balaban J connectivity index is 1.78. The van der Waals surface area contributed by atoms with Crippen LogP contribution in [0.4, 0.5) is 0 Å². The lowest BCUT2D eigenvalue weighted by Crippen LogP contribution is -2.31. The molecule has 0 saturated heterocycles. The van der Waals surface area contributed by atoms with Gasteiger partial charge in [-0.2, -0.15) is 0 Å². The van der Waals surface area contributed by atoms with E-state index in [0.29, 0.717) is 21.3 Å². The van der Waals surface area contributed by atoms with Crippen molar-refractivity contribution in [2.75, 3.05) is 0 Å². The minimum atomic E-state index is -1.41. The van der Waals surface area contributed by atoms with Crippen LogP contribution in [-0.2, 0) is 19.7 Å². The predicted molar refractivity (Wildman–Crippen MR) is 130 cm³/mol. The van der Waals surface area contributed by atoms with E-state index in [4.69, 9.17) is 23.2 Å². The third kappa shape index (κ3) is 3.32. The molecular weight excluding hydrogens is 441 g/mol. The third-order valence-corrected chi connectivity index (χ3v) is 6.48. The number of aliphatic hydroxyl groups is 1. The van der Waals surface area contributed by atoms with E-state index in [1.807, 2.05) is 73.3 Å². The standard InChI is InChI=1S/C26H21Cl2N3O/c1-30-15-23(17-4-3-5-21(28)12-17)22-13-19(8-11-24(22)30)26(32,25-14-29-16-31(25)2)18-6-9-20(27)10-7-18/h3-16,32H,1-2H3. The van der Waals surface area contributed by atoms with Crippen LogP contribution in [0.3, 0.4) is 0 Å². The van der Waals surface area contributed by atoms with Gasteiger partial charge >= 0.3 is 0 Å². The Hall–Kier alpha value is -3.05. The Morgan fingerprint density at radius 1 is 0.844 bits per heavy atom. The molecule has 0 fully saturated rings. The van der Waals surface area contributed by atoms with Gasteiger partial charge in [-0.15, -0.1) is 0 Å². The maximum Gasteiger partial charge on any atom is 0.156 e. The van der Waals surface area contributed by atoms with Crippen LogP contribution in [0.15, 0.2) is 85.5 Å². The summed E-state index contributed by atoms with van der Waals surface area (Å²) < 4.78 is 3.92. The molecule has 1 N–H and O–H groups in total. The molecular formula is C26H21Cl2N3O. The van der Waals surface area contributed by atoms with Crippen LogP contribution in [0.25, 0.3) is 22.0 Å². The van der Waals surface area contributed by atoms with Crippen molar-refractivity contribution in [1.29, 1.82) is 0 Å². The second-order valence-corrected chi connectivity index (χ2v) is 8.88. The molecule has 0 spiro atoms. The zero-order valence-electron chi connectivity index (χ0n) is 17.6. The first-order valence-corrected chi connectivity index (χ1v) is 10.9. The molecule has 160 valence electrons. The highest BCUT2D eigenvalue weighted by Crippen LogP contribution is 2.40. The number of benzene rings is 3. The first-order chi connectivity index (χ1) is 15.4. The lowest BCUT2D eigenvalue weighted by Gasteiger charge is -2.30. The van der Waals surface area contributed by atoms with Crippen molar-refractivity contribution in [3.05, 3.63) is 112 Å². The predicted octanol–water partition coefficient (Wildman–Crippen LogP) is 6.17. The maximum absolute atomic E-state index is 12.2. The molecule has 1 unspecified atom stereocenters. The number of imidazole rings is 1. The van der Waals surface area contributed by atoms with Gasteiger partial charge in [0.25, 0.3) is 0 Å². The van der Waals surface area contributed by atoms with Crippen molar-refractivity contribution in [2.45, 2.75) is 5.60 Å². The highest BCUT2D eigenvalue weighted by molar-refractivity contribution is 6.31. The number of nitrogens with zero attached hydrogens (tertiary/aromatic N) is 3. The fourth-order valence-corrected chi connectivity index (χ4v) is 4.68. The number of halogens is 2. The molecule has 2 heterocycles. The molecule has 1 atom stereocenters. The molecule has 0 radical (unpaired) electrons. The largest absolute Gasteiger partial charge is 0.374 e. The first-order valence-electron chi connectivity index (χ1n) is 10.2. The summed E-state index contributed by atoms with van der Waals surface area (Å²) in [5, 5.41) is 14.6. The van der Waals surface area contributed by atoms with Crippen molar-refractivity contribution < 1.29 is 5.11 Å². The van der Waals surface area contributed by atoms with Crippen LogP contribution in [0, 0.1) is 0 Å². The number of aromatic nitrogens is 3. The molecule has 0 saturated carbocycles. The van der Waals surface area contributed by atoms with Gasteiger partial charge < -0.3 is 14.2 Å². The first kappa shape index (κ1) is 20.8. The summed E-state index contributed by atoms with van der Waals surface area (Å²) in [7, 11) is 3.89. The second kappa shape index (κ2) is 7.82. The van der Waals surface area contributed by atoms with Gasteiger partial charge in [0, 0.05) is 46.8 Å². The highest BCUT2D eigenvalue weighted by Gasteiger charge is 2.37. The van der Waals surface area contributed by atoms with Gasteiger partial charge in [-0.1, -0.05) is 53.5 Å². The SMILES string of the molecule is Cn1cncc1C(O)(c1ccc(Cl)cc1)c1ccc2c(c1)c(-c1cccc(Cl)c1)cn2C. The molecule has 5 aromatic rings. The van der Waals surface area contributed by atoms with E-state index in [0.717, 1.165) is 27.6 Å². The summed E-state index contributed by atoms with van der Waals surface area (Å²) in [4.78, 5) is 4.26. The average molecular weight is 462 g/mol. The average Bonchev–Trinajstić information content (AvgIpc) is 3.37. The molecule has 2 aromatic heterocycles. The van der Waals surface area contributed by atoms with E-state index in [1.165, 1.54) is 0 Å². The monoisotopic (exact) mass is 461 g/mol. The Morgan fingerprint density at radius 2 is 1.59 bits per heavy atom. The number of fused-ring (bicyclic) bond motifs is 1. The van der Waals surface area contributed by atoms with E-state index in [2.05, 4.69) is 15.7 Å². The smallest absolute Gasteiger partial charge is 0.156 e. The molecule has 5 rings (SSSR count). The van der Waals surface area contributed by atoms with Crippen molar-refractivity contribution >= 4 is 34.1 Å². The van der Waals surface area contributed by atoms with Gasteiger partial charge in [-0.25, -0.2) is 4.98 Å². The normalized spacial score (nSPS) is 13.4. The highest BCUT2D eigenvalue weighted by atomic mass is 35.5. The van der Waals surface area contributed by atoms with E-state index < -0.39 is 5.60 Å². The van der Waals surface area contributed by atoms with Crippen LogP contribution < -0.4 is 0 Å². The molecule has 0 aliphatic carbocycles. The van der Waals surface area contributed by atoms with Gasteiger partial charge in [-0.05, 0) is 53.1 Å². The zero-order chi connectivity index (χ0) is 22.5. The number of hydrogen-bond donors (Lipinski definition) is 1. The molecule has 0 amide bonds. The van der Waals surface area contributed by atoms with Crippen LogP contribution >= 0.6 is 23.2 Å². The maximum atomic E-state index is 12.2. The van der Waals surface area contributed by atoms with E-state index in [9.17, 15) is 5.11 Å². The van der Waals surface area contributed by atoms with Gasteiger partial charge in [0.05, 0.1) is 18.2 Å². The number of aryl methyl sites for hydroxylation is 2. The topological polar surface area (TPSA) is 43.0 Å². The van der Waals surface area contributed by atoms with Gasteiger partial charge in [0.15, 0.2) is 5.60 Å². The summed E-state index contributed by atoms with van der Waals surface area (Å²) in [6.07, 6.45) is 5.47. The van der Waals surface area contributed by atoms with E-state index in [1.54, 1.807) is 24.7 Å². The minimum Gasteiger partial charge on any atom is -0.374 e. The third-order valence-electron chi connectivity index (χ3n) is 5.99. The Bertz CT molecular complexity index is 1440. The lowest BCUT2D eigenvalue weighted by molar-refractivity contribution is 0.117. The summed E-state index contributed by atoms with van der Waals surface area (Å²) >= 11 is 12.4. The Labute approximate surface area is 196 Å². The summed E-state index contributed by atoms with van der Waals surface area (Å²) in [5.41, 5.74) is 3.85. The molecule has 0 bridgehead atoms. The minimum absolute atomic E-state index is 0.614. The lowest BCUT2D eigenvalue weighted by atomic mass is 9.83. The Morgan fingerprint density at radius 3 is 2.28 bits per heavy atom. The van der Waals surface area contributed by atoms with Crippen molar-refractivity contribution in [1.82, 2.24) is 14.1 Å². The second-order valence-electron chi connectivity index (χ2n) is 8.00. The van der Waals surface area contributed by atoms with Crippen LogP contribution in [0.2, 0.25) is 10.0 Å². The van der Waals surface area contributed by atoms with Gasteiger partial charge in [-0.3, -0.25) is 0 Å². The van der Waals surface area contributed by atoms with Crippen molar-refractivity contribution in [3.8, 4) is 11.1 Å². The number of rotatable bonds is 4. The molecule has 32 heavy (non-hydrogen) atoms. The molecule has 0 aliphatic rings. The molecule has 3 aromatic carbocycles. The Kier molecular flexibility index (Phi) is 5.09. The van der Waals surface area contributed by atoms with Crippen LogP contribution in [-0.4, -0.2) is 19.2 Å². The fraction of sp³-hybridized carbons (Fsp3) is 0.115. The van der Waals surface area contributed by atoms with Crippen LogP contribution in [0.5, 0.6) is 0 Å². The summed E-state index contributed by atoms with van der Waals surface area (Å²) in [5.74, 6) is 0. The van der Waals surface area contributed by atoms with Crippen molar-refractivity contribution in [2.24, 2.45) is 14.1 Å². The van der Waals surface area contributed by atoms with E-state index in [-0.39, 0.29) is 0 Å². The quantitative estimate of drug-likeness (QED) is 0.347. The molecule has 6 heteroatoms. The number of hydrogen-bond acceptors (Lipinski definition) is 2. The van der Waals surface area contributed by atoms with Crippen LogP contribution in [0.1, 0.15) is 16.8 Å². The van der Waals surface area contributed by atoms with Gasteiger partial charge in [0.1, 0.15) is 0 Å². The summed E-state index contributed by atoms with van der Waals surface area (Å²) in [6, 6.07) is 21.1. The zero-order valence-corrected chi connectivity index (χ0v) is 19.1. The summed E-state index contributed by atoms with van der Waals surface area (Å²) in [6.45, 7) is 0. The van der Waals surface area contributed by atoms with Gasteiger partial charge in [0.2, 0.25) is 0 Å². The fourth-order valence-electron chi connectivity index (χ4n) is 4.36. The molecule has 0 aliphatic heterocycles. The van der Waals surface area contributed by atoms with Crippen molar-refractivity contribution in [3.63, 3.8) is 0 Å². The molecule has 4 nitrogen and oxygen atoms in total. The van der Waals surface area contributed by atoms with E-state index >= 15 is 0 Å².